The van der Waals surface area contributed by atoms with Crippen molar-refractivity contribution in [3.63, 3.8) is 0 Å². The molecule has 1 amide bonds. The Labute approximate surface area is 162 Å². The number of hydrogen-bond acceptors (Lipinski definition) is 7. The third-order valence-electron chi connectivity index (χ3n) is 5.23. The summed E-state index contributed by atoms with van der Waals surface area (Å²) in [6.07, 6.45) is 3.04. The van der Waals surface area contributed by atoms with Gasteiger partial charge in [-0.05, 0) is 25.8 Å². The van der Waals surface area contributed by atoms with Crippen LogP contribution in [0.2, 0.25) is 0 Å². The maximum absolute atomic E-state index is 12.6. The molecule has 1 saturated heterocycles. The quantitative estimate of drug-likeness (QED) is 0.725. The van der Waals surface area contributed by atoms with Crippen molar-refractivity contribution in [2.45, 2.75) is 26.3 Å². The number of nitrogens with one attached hydrogen (secondary N) is 1. The maximum atomic E-state index is 12.6. The number of nitrogens with zero attached hydrogens (tertiary/aromatic N) is 4. The minimum Gasteiger partial charge on any atom is -0.496 e. The molecule has 28 heavy (non-hydrogen) atoms. The maximum Gasteiger partial charge on any atom is 0.263 e. The van der Waals surface area contributed by atoms with Crippen LogP contribution in [0.4, 0.5) is 5.82 Å². The fourth-order valence-electron chi connectivity index (χ4n) is 3.67. The van der Waals surface area contributed by atoms with Gasteiger partial charge in [0.2, 0.25) is 5.91 Å². The van der Waals surface area contributed by atoms with Crippen LogP contribution >= 0.6 is 0 Å². The van der Waals surface area contributed by atoms with Crippen molar-refractivity contribution in [2.75, 3.05) is 25.1 Å². The molecule has 146 valence electrons. The summed E-state index contributed by atoms with van der Waals surface area (Å²) in [7, 11) is 1.64. The Balaban J connectivity index is 1.37. The molecule has 0 bridgehead atoms. The summed E-state index contributed by atoms with van der Waals surface area (Å²) >= 11 is 0. The van der Waals surface area contributed by atoms with Crippen LogP contribution in [0.15, 0.2) is 35.1 Å². The van der Waals surface area contributed by atoms with E-state index >= 15 is 0 Å². The number of hydrogen-bond donors (Lipinski definition) is 1. The molecule has 2 aromatic heterocycles. The van der Waals surface area contributed by atoms with Crippen molar-refractivity contribution in [1.82, 2.24) is 20.4 Å². The van der Waals surface area contributed by atoms with Gasteiger partial charge < -0.3 is 19.5 Å². The summed E-state index contributed by atoms with van der Waals surface area (Å²) in [5, 5.41) is 7.88. The molecule has 1 N–H and O–H groups in total. The highest BCUT2D eigenvalue weighted by Gasteiger charge is 2.27. The molecule has 0 aliphatic carbocycles. The smallest absolute Gasteiger partial charge is 0.263 e. The number of aromatic nitrogens is 3. The van der Waals surface area contributed by atoms with E-state index in [0.717, 1.165) is 54.1 Å². The first kappa shape index (κ1) is 18.2. The number of amides is 1. The van der Waals surface area contributed by atoms with E-state index in [1.54, 1.807) is 7.11 Å². The second-order valence-corrected chi connectivity index (χ2v) is 6.94. The Bertz CT molecular complexity index is 979. The summed E-state index contributed by atoms with van der Waals surface area (Å²) in [6.45, 7) is 3.86. The normalized spacial score (nSPS) is 15.0. The monoisotopic (exact) mass is 381 g/mol. The molecule has 0 spiro atoms. The third kappa shape index (κ3) is 3.49. The Kier molecular flexibility index (Phi) is 5.10. The van der Waals surface area contributed by atoms with E-state index < -0.39 is 0 Å². The zero-order valence-electron chi connectivity index (χ0n) is 16.0. The minimum atomic E-state index is -0.00754. The molecule has 0 unspecified atom stereocenters. The lowest BCUT2D eigenvalue weighted by molar-refractivity contribution is -0.125. The van der Waals surface area contributed by atoms with Crippen molar-refractivity contribution in [3.05, 3.63) is 41.9 Å². The molecule has 4 rings (SSSR count). The van der Waals surface area contributed by atoms with Crippen LogP contribution in [0, 0.1) is 12.8 Å². The van der Waals surface area contributed by atoms with Crippen molar-refractivity contribution in [2.24, 2.45) is 5.92 Å². The lowest BCUT2D eigenvalue weighted by Crippen LogP contribution is -2.40. The van der Waals surface area contributed by atoms with Gasteiger partial charge in [-0.15, -0.1) is 0 Å². The number of aryl methyl sites for hydroxylation is 1. The zero-order valence-corrected chi connectivity index (χ0v) is 16.0. The minimum absolute atomic E-state index is 0.00754. The van der Waals surface area contributed by atoms with Crippen molar-refractivity contribution >= 4 is 22.8 Å². The molecule has 8 nitrogen and oxygen atoms in total. The predicted molar refractivity (Wildman–Crippen MR) is 104 cm³/mol. The second-order valence-electron chi connectivity index (χ2n) is 6.94. The second kappa shape index (κ2) is 7.84. The number of piperidine rings is 1. The topological polar surface area (TPSA) is 93.4 Å². The van der Waals surface area contributed by atoms with Crippen molar-refractivity contribution in [1.29, 1.82) is 0 Å². The lowest BCUT2D eigenvalue weighted by Gasteiger charge is -2.32. The van der Waals surface area contributed by atoms with Gasteiger partial charge in [0.1, 0.15) is 23.3 Å². The summed E-state index contributed by atoms with van der Waals surface area (Å²) in [4.78, 5) is 23.4. The largest absolute Gasteiger partial charge is 0.496 e. The van der Waals surface area contributed by atoms with Gasteiger partial charge in [-0.2, -0.15) is 4.98 Å². The van der Waals surface area contributed by atoms with Crippen LogP contribution in [-0.4, -0.2) is 41.2 Å². The first-order valence-electron chi connectivity index (χ1n) is 9.39. The molecular weight excluding hydrogens is 358 g/mol. The molecule has 3 aromatic rings. The number of ether oxygens (including phenoxy) is 1. The molecule has 0 atom stereocenters. The van der Waals surface area contributed by atoms with Crippen LogP contribution in [0.3, 0.4) is 0 Å². The summed E-state index contributed by atoms with van der Waals surface area (Å²) in [5.74, 6) is 1.69. The summed E-state index contributed by atoms with van der Waals surface area (Å²) < 4.78 is 10.6. The van der Waals surface area contributed by atoms with Crippen LogP contribution in [0.25, 0.3) is 11.1 Å². The first-order chi connectivity index (χ1) is 13.7. The Morgan fingerprint density at radius 1 is 1.29 bits per heavy atom. The number of benzene rings is 1. The van der Waals surface area contributed by atoms with E-state index in [2.05, 4.69) is 25.3 Å². The van der Waals surface area contributed by atoms with Gasteiger partial charge in [0, 0.05) is 31.1 Å². The van der Waals surface area contributed by atoms with Gasteiger partial charge in [-0.25, -0.2) is 4.98 Å². The summed E-state index contributed by atoms with van der Waals surface area (Å²) in [6, 6.07) is 7.72. The Morgan fingerprint density at radius 2 is 2.07 bits per heavy atom. The van der Waals surface area contributed by atoms with Gasteiger partial charge >= 0.3 is 0 Å². The highest BCUT2D eigenvalue weighted by molar-refractivity contribution is 5.88. The van der Waals surface area contributed by atoms with E-state index in [9.17, 15) is 4.79 Å². The van der Waals surface area contributed by atoms with Crippen LogP contribution < -0.4 is 15.0 Å². The van der Waals surface area contributed by atoms with Crippen LogP contribution in [0.1, 0.15) is 24.1 Å². The summed E-state index contributed by atoms with van der Waals surface area (Å²) in [5.41, 5.74) is 2.25. The van der Waals surface area contributed by atoms with E-state index in [-0.39, 0.29) is 11.8 Å². The molecule has 1 aliphatic heterocycles. The number of carbonyl (C=O) groups excluding carboxylic acids is 1. The standard InChI is InChI=1S/C20H23N5O3/c1-13-17-18(22-12-23-20(17)28-24-13)25-9-7-14(8-10-25)19(26)21-11-15-5-3-4-6-16(15)27-2/h3-6,12,14H,7-11H2,1-2H3,(H,21,26). The molecule has 0 saturated carbocycles. The SMILES string of the molecule is COc1ccccc1CNC(=O)C1CCN(c2ncnc3onc(C)c23)CC1. The van der Waals surface area contributed by atoms with Gasteiger partial charge in [-0.3, -0.25) is 4.79 Å². The molecule has 8 heteroatoms. The van der Waals surface area contributed by atoms with Crippen LogP contribution in [-0.2, 0) is 11.3 Å². The van der Waals surface area contributed by atoms with E-state index in [1.807, 2.05) is 31.2 Å². The molecule has 1 fully saturated rings. The average molecular weight is 381 g/mol. The van der Waals surface area contributed by atoms with E-state index in [0.29, 0.717) is 12.3 Å². The lowest BCUT2D eigenvalue weighted by atomic mass is 9.95. The van der Waals surface area contributed by atoms with Gasteiger partial charge in [0.25, 0.3) is 5.71 Å². The highest BCUT2D eigenvalue weighted by Crippen LogP contribution is 2.29. The van der Waals surface area contributed by atoms with Crippen LogP contribution in [0.5, 0.6) is 5.75 Å². The van der Waals surface area contributed by atoms with Gasteiger partial charge in [0.05, 0.1) is 12.8 Å². The Hall–Kier alpha value is -3.16. The van der Waals surface area contributed by atoms with E-state index in [1.165, 1.54) is 6.33 Å². The fraction of sp³-hybridized carbons (Fsp3) is 0.400. The first-order valence-corrected chi connectivity index (χ1v) is 9.39. The number of rotatable bonds is 5. The number of anilines is 1. The average Bonchev–Trinajstić information content (AvgIpc) is 3.13. The van der Waals surface area contributed by atoms with Crippen molar-refractivity contribution < 1.29 is 14.1 Å². The number of para-hydroxylation sites is 1. The van der Waals surface area contributed by atoms with Crippen molar-refractivity contribution in [3.8, 4) is 5.75 Å². The number of methoxy groups -OCH3 is 1. The number of fused-ring (bicyclic) bond motifs is 1. The predicted octanol–water partition coefficient (Wildman–Crippen LogP) is 2.47. The van der Waals surface area contributed by atoms with Gasteiger partial charge in [-0.1, -0.05) is 23.4 Å². The molecular formula is C20H23N5O3. The highest BCUT2D eigenvalue weighted by atomic mass is 16.5. The molecule has 1 aromatic carbocycles. The molecule has 3 heterocycles. The fourth-order valence-corrected chi connectivity index (χ4v) is 3.67. The van der Waals surface area contributed by atoms with E-state index in [4.69, 9.17) is 9.26 Å². The number of carbonyl (C=O) groups is 1. The third-order valence-corrected chi connectivity index (χ3v) is 5.23. The zero-order chi connectivity index (χ0) is 19.5. The molecule has 0 radical (unpaired) electrons. The Morgan fingerprint density at radius 3 is 2.86 bits per heavy atom. The molecule has 1 aliphatic rings. The van der Waals surface area contributed by atoms with Gasteiger partial charge in [0.15, 0.2) is 0 Å².